The Morgan fingerprint density at radius 2 is 2.19 bits per heavy atom. The molecule has 0 bridgehead atoms. The lowest BCUT2D eigenvalue weighted by atomic mass is 10.1. The summed E-state index contributed by atoms with van der Waals surface area (Å²) < 4.78 is 0. The molecule has 1 amide bonds. The van der Waals surface area contributed by atoms with Crippen LogP contribution in [0.4, 0.5) is 0 Å². The molecule has 1 aliphatic heterocycles. The van der Waals surface area contributed by atoms with Crippen LogP contribution in [0.3, 0.4) is 0 Å². The maximum absolute atomic E-state index is 12.5. The molecule has 114 valence electrons. The molecule has 7 nitrogen and oxygen atoms in total. The van der Waals surface area contributed by atoms with Crippen molar-refractivity contribution in [3.63, 3.8) is 0 Å². The Kier molecular flexibility index (Phi) is 4.54. The Morgan fingerprint density at radius 3 is 2.81 bits per heavy atom. The van der Waals surface area contributed by atoms with Crippen molar-refractivity contribution in [3.8, 4) is 0 Å². The topological polar surface area (TPSA) is 94.0 Å². The summed E-state index contributed by atoms with van der Waals surface area (Å²) in [5.74, 6) is -1.45. The molecule has 0 saturated carbocycles. The summed E-state index contributed by atoms with van der Waals surface area (Å²) >= 11 is 0. The number of pyridine rings is 1. The fourth-order valence-corrected chi connectivity index (χ4v) is 2.58. The average molecular weight is 293 g/mol. The first-order valence-corrected chi connectivity index (χ1v) is 6.71. The van der Waals surface area contributed by atoms with Gasteiger partial charge in [-0.3, -0.25) is 4.79 Å². The van der Waals surface area contributed by atoms with Crippen molar-refractivity contribution < 1.29 is 19.8 Å². The van der Waals surface area contributed by atoms with Crippen molar-refractivity contribution in [2.45, 2.75) is 18.6 Å². The molecule has 0 spiro atoms. The number of carboxylic acids is 1. The van der Waals surface area contributed by atoms with Gasteiger partial charge in [0, 0.05) is 30.9 Å². The highest BCUT2D eigenvalue weighted by molar-refractivity contribution is 5.97. The number of carbonyl (C=O) groups is 2. The lowest BCUT2D eigenvalue weighted by Crippen LogP contribution is -2.41. The zero-order valence-electron chi connectivity index (χ0n) is 12.1. The maximum atomic E-state index is 12.5. The van der Waals surface area contributed by atoms with Crippen LogP contribution in [0.15, 0.2) is 18.3 Å². The van der Waals surface area contributed by atoms with E-state index in [1.54, 1.807) is 4.90 Å². The molecular weight excluding hydrogens is 274 g/mol. The number of likely N-dealkylation sites (tertiary alicyclic amines) is 1. The number of carbonyl (C=O) groups excluding carboxylic acids is 1. The van der Waals surface area contributed by atoms with Gasteiger partial charge in [0.1, 0.15) is 5.69 Å². The minimum atomic E-state index is -1.17. The number of aliphatic hydroxyl groups excluding tert-OH is 1. The first-order valence-electron chi connectivity index (χ1n) is 6.71. The van der Waals surface area contributed by atoms with Crippen LogP contribution >= 0.6 is 0 Å². The fourth-order valence-electron chi connectivity index (χ4n) is 2.58. The van der Waals surface area contributed by atoms with Crippen LogP contribution in [-0.4, -0.2) is 76.2 Å². The van der Waals surface area contributed by atoms with Crippen molar-refractivity contribution in [2.75, 3.05) is 27.2 Å². The van der Waals surface area contributed by atoms with Gasteiger partial charge in [-0.15, -0.1) is 0 Å². The molecule has 1 aromatic rings. The van der Waals surface area contributed by atoms with E-state index in [1.165, 1.54) is 18.3 Å². The second-order valence-electron chi connectivity index (χ2n) is 5.50. The molecule has 2 N–H and O–H groups in total. The molecule has 2 rings (SSSR count). The van der Waals surface area contributed by atoms with Gasteiger partial charge in [0.2, 0.25) is 0 Å². The van der Waals surface area contributed by atoms with Crippen molar-refractivity contribution in [1.82, 2.24) is 14.8 Å². The van der Waals surface area contributed by atoms with Gasteiger partial charge >= 0.3 is 5.97 Å². The third kappa shape index (κ3) is 3.56. The van der Waals surface area contributed by atoms with E-state index < -0.39 is 12.1 Å². The molecule has 0 radical (unpaired) electrons. The van der Waals surface area contributed by atoms with Crippen molar-refractivity contribution >= 4 is 11.9 Å². The average Bonchev–Trinajstić information content (AvgIpc) is 2.78. The van der Waals surface area contributed by atoms with Crippen molar-refractivity contribution in [1.29, 1.82) is 0 Å². The van der Waals surface area contributed by atoms with Crippen LogP contribution in [0.25, 0.3) is 0 Å². The van der Waals surface area contributed by atoms with Gasteiger partial charge in [0.15, 0.2) is 0 Å². The van der Waals surface area contributed by atoms with Gasteiger partial charge in [-0.25, -0.2) is 9.78 Å². The predicted octanol–water partition coefficient (Wildman–Crippen LogP) is -0.0832. The lowest BCUT2D eigenvalue weighted by molar-refractivity contribution is 0.0690. The molecule has 1 saturated heterocycles. The van der Waals surface area contributed by atoms with E-state index >= 15 is 0 Å². The zero-order valence-corrected chi connectivity index (χ0v) is 12.1. The Labute approximate surface area is 122 Å². The molecule has 2 unspecified atom stereocenters. The molecule has 1 aromatic heterocycles. The molecule has 21 heavy (non-hydrogen) atoms. The normalized spacial score (nSPS) is 21.8. The molecule has 1 fully saturated rings. The fraction of sp³-hybridized carbons (Fsp3) is 0.500. The Bertz CT molecular complexity index is 547. The van der Waals surface area contributed by atoms with Crippen LogP contribution in [0.1, 0.15) is 27.3 Å². The first kappa shape index (κ1) is 15.4. The van der Waals surface area contributed by atoms with Crippen LogP contribution < -0.4 is 0 Å². The van der Waals surface area contributed by atoms with E-state index in [1.807, 2.05) is 19.0 Å². The largest absolute Gasteiger partial charge is 0.477 e. The summed E-state index contributed by atoms with van der Waals surface area (Å²) in [5.41, 5.74) is 0.116. The van der Waals surface area contributed by atoms with Crippen LogP contribution in [0, 0.1) is 0 Å². The SMILES string of the molecule is CN(C)CC1CC(O)CN1C(=O)c1ccnc(C(=O)O)c1. The lowest BCUT2D eigenvalue weighted by Gasteiger charge is -2.26. The third-order valence-corrected chi connectivity index (χ3v) is 3.46. The van der Waals surface area contributed by atoms with Gasteiger partial charge in [-0.2, -0.15) is 0 Å². The molecule has 0 aromatic carbocycles. The number of aliphatic hydroxyl groups is 1. The monoisotopic (exact) mass is 293 g/mol. The number of aromatic nitrogens is 1. The van der Waals surface area contributed by atoms with Gasteiger partial charge in [0.25, 0.3) is 5.91 Å². The zero-order chi connectivity index (χ0) is 15.6. The van der Waals surface area contributed by atoms with E-state index in [9.17, 15) is 14.7 Å². The second kappa shape index (κ2) is 6.19. The van der Waals surface area contributed by atoms with E-state index in [-0.39, 0.29) is 29.8 Å². The maximum Gasteiger partial charge on any atom is 0.354 e. The quantitative estimate of drug-likeness (QED) is 0.806. The summed E-state index contributed by atoms with van der Waals surface area (Å²) in [6.07, 6.45) is 1.30. The first-order chi connectivity index (χ1) is 9.88. The number of nitrogens with zero attached hydrogens (tertiary/aromatic N) is 3. The van der Waals surface area contributed by atoms with Gasteiger partial charge in [-0.05, 0) is 32.6 Å². The molecule has 1 aliphatic rings. The third-order valence-electron chi connectivity index (χ3n) is 3.46. The molecule has 2 heterocycles. The van der Waals surface area contributed by atoms with Gasteiger partial charge in [0.05, 0.1) is 6.10 Å². The van der Waals surface area contributed by atoms with Crippen LogP contribution in [-0.2, 0) is 0 Å². The smallest absolute Gasteiger partial charge is 0.354 e. The Hall–Kier alpha value is -1.99. The second-order valence-corrected chi connectivity index (χ2v) is 5.50. The van der Waals surface area contributed by atoms with E-state index in [0.717, 1.165) is 0 Å². The number of aromatic carboxylic acids is 1. The molecular formula is C14H19N3O4. The summed E-state index contributed by atoms with van der Waals surface area (Å²) in [5, 5.41) is 18.7. The van der Waals surface area contributed by atoms with Gasteiger partial charge in [-0.1, -0.05) is 0 Å². The summed E-state index contributed by atoms with van der Waals surface area (Å²) in [6, 6.07) is 2.68. The highest BCUT2D eigenvalue weighted by atomic mass is 16.4. The molecule has 2 atom stereocenters. The van der Waals surface area contributed by atoms with E-state index in [2.05, 4.69) is 4.98 Å². The van der Waals surface area contributed by atoms with Crippen molar-refractivity contribution in [2.24, 2.45) is 0 Å². The number of carboxylic acid groups (broad SMARTS) is 1. The van der Waals surface area contributed by atoms with E-state index in [4.69, 9.17) is 5.11 Å². The Morgan fingerprint density at radius 1 is 1.48 bits per heavy atom. The standard InChI is InChI=1S/C14H19N3O4/c1-16(2)7-10-6-11(18)8-17(10)13(19)9-3-4-15-12(5-9)14(20)21/h3-5,10-11,18H,6-8H2,1-2H3,(H,20,21). The molecule has 0 aliphatic carbocycles. The van der Waals surface area contributed by atoms with Crippen molar-refractivity contribution in [3.05, 3.63) is 29.6 Å². The highest BCUT2D eigenvalue weighted by Gasteiger charge is 2.35. The number of hydrogen-bond donors (Lipinski definition) is 2. The number of rotatable bonds is 4. The summed E-state index contributed by atoms with van der Waals surface area (Å²) in [6.45, 7) is 0.918. The molecule has 7 heteroatoms. The number of likely N-dealkylation sites (N-methyl/N-ethyl adjacent to an activating group) is 1. The van der Waals surface area contributed by atoms with E-state index in [0.29, 0.717) is 13.0 Å². The summed E-state index contributed by atoms with van der Waals surface area (Å²) in [7, 11) is 3.81. The minimum absolute atomic E-state index is 0.0797. The summed E-state index contributed by atoms with van der Waals surface area (Å²) in [4.78, 5) is 30.7. The van der Waals surface area contributed by atoms with Crippen LogP contribution in [0.5, 0.6) is 0 Å². The highest BCUT2D eigenvalue weighted by Crippen LogP contribution is 2.21. The number of hydrogen-bond acceptors (Lipinski definition) is 5. The van der Waals surface area contributed by atoms with Crippen LogP contribution in [0.2, 0.25) is 0 Å². The minimum Gasteiger partial charge on any atom is -0.477 e. The predicted molar refractivity (Wildman–Crippen MR) is 75.2 cm³/mol. The number of amides is 1. The van der Waals surface area contributed by atoms with Gasteiger partial charge < -0.3 is 20.0 Å². The number of β-amino-alcohol motifs (C(OH)–C–C–N with tert-alkyl or cyclic N) is 1. The Balaban J connectivity index is 2.21.